The molecular weight excluding hydrogens is 180 g/mol. The van der Waals surface area contributed by atoms with Gasteiger partial charge in [-0.2, -0.15) is 0 Å². The summed E-state index contributed by atoms with van der Waals surface area (Å²) < 4.78 is 5.47. The van der Waals surface area contributed by atoms with Crippen LogP contribution in [0.4, 0.5) is 0 Å². The van der Waals surface area contributed by atoms with Crippen molar-refractivity contribution in [3.05, 3.63) is 0 Å². The molecule has 0 aliphatic carbocycles. The highest BCUT2D eigenvalue weighted by atomic mass is 16.5. The summed E-state index contributed by atoms with van der Waals surface area (Å²) >= 11 is 0. The van der Waals surface area contributed by atoms with Crippen LogP contribution in [-0.4, -0.2) is 49.7 Å². The van der Waals surface area contributed by atoms with Crippen molar-refractivity contribution >= 4 is 5.91 Å². The molecule has 1 fully saturated rings. The van der Waals surface area contributed by atoms with Gasteiger partial charge in [0.1, 0.15) is 0 Å². The summed E-state index contributed by atoms with van der Waals surface area (Å²) in [6, 6.07) is 0.263. The van der Waals surface area contributed by atoms with Gasteiger partial charge >= 0.3 is 0 Å². The zero-order valence-electron chi connectivity index (χ0n) is 9.25. The lowest BCUT2D eigenvalue weighted by atomic mass is 10.2. The van der Waals surface area contributed by atoms with Crippen molar-refractivity contribution in [1.82, 2.24) is 10.2 Å². The number of nitrogens with one attached hydrogen (secondary N) is 1. The maximum atomic E-state index is 11.7. The minimum Gasteiger partial charge on any atom is -0.375 e. The van der Waals surface area contributed by atoms with E-state index in [9.17, 15) is 4.79 Å². The quantitative estimate of drug-likeness (QED) is 0.709. The van der Waals surface area contributed by atoms with Crippen LogP contribution in [0.25, 0.3) is 0 Å². The van der Waals surface area contributed by atoms with E-state index in [1.54, 1.807) is 4.90 Å². The van der Waals surface area contributed by atoms with Crippen LogP contribution in [0.3, 0.4) is 0 Å². The van der Waals surface area contributed by atoms with E-state index in [-0.39, 0.29) is 18.1 Å². The van der Waals surface area contributed by atoms with Crippen molar-refractivity contribution in [1.29, 1.82) is 0 Å². The second kappa shape index (κ2) is 5.32. The SMILES string of the molecule is CC(C)N(C)C(=O)CC1CNCCO1. The molecule has 4 nitrogen and oxygen atoms in total. The summed E-state index contributed by atoms with van der Waals surface area (Å²) in [5.74, 6) is 0.161. The Hall–Kier alpha value is -0.610. The third kappa shape index (κ3) is 3.27. The summed E-state index contributed by atoms with van der Waals surface area (Å²) in [6.07, 6.45) is 0.541. The molecule has 1 aliphatic heterocycles. The van der Waals surface area contributed by atoms with E-state index in [0.717, 1.165) is 13.1 Å². The summed E-state index contributed by atoms with van der Waals surface area (Å²) in [5.41, 5.74) is 0. The standard InChI is InChI=1S/C10H20N2O2/c1-8(2)12(3)10(13)6-9-7-11-4-5-14-9/h8-9,11H,4-7H2,1-3H3. The summed E-state index contributed by atoms with van der Waals surface area (Å²) in [6.45, 7) is 6.42. The van der Waals surface area contributed by atoms with Crippen molar-refractivity contribution in [3.63, 3.8) is 0 Å². The van der Waals surface area contributed by atoms with Crippen molar-refractivity contribution in [2.24, 2.45) is 0 Å². The Morgan fingerprint density at radius 1 is 1.64 bits per heavy atom. The lowest BCUT2D eigenvalue weighted by Gasteiger charge is -2.27. The molecule has 0 saturated carbocycles. The maximum absolute atomic E-state index is 11.7. The molecule has 1 amide bonds. The zero-order chi connectivity index (χ0) is 10.6. The molecule has 0 aromatic rings. The fourth-order valence-corrected chi connectivity index (χ4v) is 1.38. The van der Waals surface area contributed by atoms with Gasteiger partial charge in [-0.3, -0.25) is 4.79 Å². The van der Waals surface area contributed by atoms with E-state index in [4.69, 9.17) is 4.74 Å². The molecule has 0 radical (unpaired) electrons. The molecule has 0 spiro atoms. The van der Waals surface area contributed by atoms with Crippen molar-refractivity contribution < 1.29 is 9.53 Å². The highest BCUT2D eigenvalue weighted by molar-refractivity contribution is 5.76. The van der Waals surface area contributed by atoms with Gasteiger partial charge in [0, 0.05) is 26.2 Å². The average molecular weight is 200 g/mol. The third-order valence-corrected chi connectivity index (χ3v) is 2.57. The Balaban J connectivity index is 2.31. The highest BCUT2D eigenvalue weighted by Gasteiger charge is 2.20. The van der Waals surface area contributed by atoms with Crippen LogP contribution >= 0.6 is 0 Å². The Labute approximate surface area is 85.6 Å². The van der Waals surface area contributed by atoms with Gasteiger partial charge in [0.2, 0.25) is 5.91 Å². The minimum absolute atomic E-state index is 0.0532. The van der Waals surface area contributed by atoms with Gasteiger partial charge in [-0.1, -0.05) is 0 Å². The van der Waals surface area contributed by atoms with Crippen LogP contribution in [-0.2, 0) is 9.53 Å². The van der Waals surface area contributed by atoms with Crippen LogP contribution in [0.15, 0.2) is 0 Å². The van der Waals surface area contributed by atoms with E-state index in [0.29, 0.717) is 13.0 Å². The fraction of sp³-hybridized carbons (Fsp3) is 0.900. The monoisotopic (exact) mass is 200 g/mol. The van der Waals surface area contributed by atoms with E-state index < -0.39 is 0 Å². The van der Waals surface area contributed by atoms with Gasteiger partial charge < -0.3 is 15.0 Å². The highest BCUT2D eigenvalue weighted by Crippen LogP contribution is 2.05. The first kappa shape index (κ1) is 11.5. The molecule has 0 aromatic carbocycles. The fourth-order valence-electron chi connectivity index (χ4n) is 1.38. The van der Waals surface area contributed by atoms with E-state index >= 15 is 0 Å². The summed E-state index contributed by atoms with van der Waals surface area (Å²) in [4.78, 5) is 13.4. The molecule has 1 saturated heterocycles. The molecule has 1 heterocycles. The largest absolute Gasteiger partial charge is 0.375 e. The molecule has 1 aliphatic rings. The Kier molecular flexibility index (Phi) is 4.35. The van der Waals surface area contributed by atoms with Gasteiger partial charge in [-0.15, -0.1) is 0 Å². The second-order valence-corrected chi connectivity index (χ2v) is 4.00. The van der Waals surface area contributed by atoms with Crippen LogP contribution < -0.4 is 5.32 Å². The van der Waals surface area contributed by atoms with Crippen LogP contribution in [0, 0.1) is 0 Å². The summed E-state index contributed by atoms with van der Waals surface area (Å²) in [7, 11) is 1.84. The predicted molar refractivity (Wildman–Crippen MR) is 55.1 cm³/mol. The molecule has 1 rings (SSSR count). The number of ether oxygens (including phenoxy) is 1. The van der Waals surface area contributed by atoms with Crippen molar-refractivity contribution in [2.45, 2.75) is 32.4 Å². The predicted octanol–water partition coefficient (Wildman–Crippen LogP) is 0.232. The minimum atomic E-state index is 0.0532. The lowest BCUT2D eigenvalue weighted by Crippen LogP contribution is -2.43. The molecule has 1 atom stereocenters. The lowest BCUT2D eigenvalue weighted by molar-refractivity contribution is -0.134. The van der Waals surface area contributed by atoms with Crippen LogP contribution in [0.1, 0.15) is 20.3 Å². The number of hydrogen-bond donors (Lipinski definition) is 1. The first-order valence-electron chi connectivity index (χ1n) is 5.19. The number of carbonyl (C=O) groups excluding carboxylic acids is 1. The number of carbonyl (C=O) groups is 1. The number of rotatable bonds is 3. The van der Waals surface area contributed by atoms with Gasteiger partial charge in [-0.25, -0.2) is 0 Å². The normalized spacial score (nSPS) is 22.4. The molecule has 1 N–H and O–H groups in total. The summed E-state index contributed by atoms with van der Waals surface area (Å²) in [5, 5.41) is 3.21. The molecule has 0 bridgehead atoms. The van der Waals surface area contributed by atoms with E-state index in [1.165, 1.54) is 0 Å². The Morgan fingerprint density at radius 3 is 2.86 bits per heavy atom. The topological polar surface area (TPSA) is 41.6 Å². The first-order chi connectivity index (χ1) is 6.61. The van der Waals surface area contributed by atoms with Crippen molar-refractivity contribution in [3.8, 4) is 0 Å². The van der Waals surface area contributed by atoms with Crippen LogP contribution in [0.2, 0.25) is 0 Å². The van der Waals surface area contributed by atoms with Gasteiger partial charge in [-0.05, 0) is 13.8 Å². The van der Waals surface area contributed by atoms with Gasteiger partial charge in [0.15, 0.2) is 0 Å². The zero-order valence-corrected chi connectivity index (χ0v) is 9.25. The van der Waals surface area contributed by atoms with E-state index in [2.05, 4.69) is 5.32 Å². The second-order valence-electron chi connectivity index (χ2n) is 4.00. The molecule has 4 heteroatoms. The third-order valence-electron chi connectivity index (χ3n) is 2.57. The van der Waals surface area contributed by atoms with Crippen molar-refractivity contribution in [2.75, 3.05) is 26.7 Å². The van der Waals surface area contributed by atoms with E-state index in [1.807, 2.05) is 20.9 Å². The smallest absolute Gasteiger partial charge is 0.225 e. The molecule has 82 valence electrons. The molecule has 1 unspecified atom stereocenters. The molecule has 14 heavy (non-hydrogen) atoms. The Bertz CT molecular complexity index is 189. The number of morpholine rings is 1. The number of amides is 1. The first-order valence-corrected chi connectivity index (χ1v) is 5.19. The number of nitrogens with zero attached hydrogens (tertiary/aromatic N) is 1. The molecular formula is C10H20N2O2. The maximum Gasteiger partial charge on any atom is 0.225 e. The average Bonchev–Trinajstić information content (AvgIpc) is 2.18. The van der Waals surface area contributed by atoms with Crippen LogP contribution in [0.5, 0.6) is 0 Å². The Morgan fingerprint density at radius 2 is 2.36 bits per heavy atom. The van der Waals surface area contributed by atoms with Gasteiger partial charge in [0.05, 0.1) is 19.1 Å². The van der Waals surface area contributed by atoms with Gasteiger partial charge in [0.25, 0.3) is 0 Å². The number of hydrogen-bond acceptors (Lipinski definition) is 3. The molecule has 0 aromatic heterocycles.